The number of hydrogen-bond acceptors (Lipinski definition) is 5. The quantitative estimate of drug-likeness (QED) is 0.882. The summed E-state index contributed by atoms with van der Waals surface area (Å²) in [5.74, 6) is 0.584. The van der Waals surface area contributed by atoms with Crippen molar-refractivity contribution in [2.24, 2.45) is 0 Å². The van der Waals surface area contributed by atoms with Crippen LogP contribution in [0.15, 0.2) is 42.3 Å². The highest BCUT2D eigenvalue weighted by Crippen LogP contribution is 2.39. The number of pyridine rings is 1. The number of carbonyl (C=O) groups is 1. The van der Waals surface area contributed by atoms with Crippen molar-refractivity contribution < 1.29 is 14.6 Å². The number of nitrogens with zero attached hydrogens (tertiary/aromatic N) is 2. The van der Waals surface area contributed by atoms with Crippen LogP contribution in [-0.4, -0.2) is 34.9 Å². The first-order chi connectivity index (χ1) is 10.6. The lowest BCUT2D eigenvalue weighted by Gasteiger charge is -2.13. The minimum Gasteiger partial charge on any atom is -0.507 e. The minimum atomic E-state index is -0.194. The number of phenolic OH excluding ortho intramolecular Hbond substituents is 1. The van der Waals surface area contributed by atoms with E-state index in [-0.39, 0.29) is 17.3 Å². The van der Waals surface area contributed by atoms with Crippen LogP contribution in [0, 0.1) is 0 Å². The molecule has 1 aliphatic heterocycles. The number of ether oxygens (including phenoxy) is 1. The molecule has 22 heavy (non-hydrogen) atoms. The largest absolute Gasteiger partial charge is 0.507 e. The Kier molecular flexibility index (Phi) is 3.65. The molecule has 1 aromatic heterocycles. The lowest BCUT2D eigenvalue weighted by atomic mass is 10.0. The lowest BCUT2D eigenvalue weighted by molar-refractivity contribution is 0.101. The van der Waals surface area contributed by atoms with Gasteiger partial charge in [-0.25, -0.2) is 0 Å². The zero-order valence-electron chi connectivity index (χ0n) is 12.4. The number of aromatic nitrogens is 1. The third-order valence-corrected chi connectivity index (χ3v) is 3.36. The monoisotopic (exact) mass is 296 g/mol. The fraction of sp³-hybridized carbons (Fsp3) is 0.176. The number of carbonyl (C=O) groups excluding carboxylic acids is 1. The predicted octanol–water partition coefficient (Wildman–Crippen LogP) is 2.46. The molecule has 112 valence electrons. The van der Waals surface area contributed by atoms with E-state index < -0.39 is 0 Å². The second-order valence-corrected chi connectivity index (χ2v) is 5.37. The van der Waals surface area contributed by atoms with Crippen LogP contribution < -0.4 is 4.74 Å². The molecule has 0 saturated heterocycles. The molecule has 0 saturated carbocycles. The van der Waals surface area contributed by atoms with Gasteiger partial charge in [0, 0.05) is 18.8 Å². The molecule has 0 unspecified atom stereocenters. The van der Waals surface area contributed by atoms with Gasteiger partial charge in [0.25, 0.3) is 0 Å². The van der Waals surface area contributed by atoms with Gasteiger partial charge in [-0.1, -0.05) is 6.07 Å². The van der Waals surface area contributed by atoms with Crippen molar-refractivity contribution >= 4 is 11.9 Å². The van der Waals surface area contributed by atoms with E-state index in [0.29, 0.717) is 29.1 Å². The Balaban J connectivity index is 2.02. The van der Waals surface area contributed by atoms with Crippen LogP contribution in [0.25, 0.3) is 6.08 Å². The van der Waals surface area contributed by atoms with Crippen LogP contribution >= 0.6 is 0 Å². The Morgan fingerprint density at radius 2 is 2.09 bits per heavy atom. The van der Waals surface area contributed by atoms with E-state index in [1.807, 2.05) is 25.1 Å². The summed E-state index contributed by atoms with van der Waals surface area (Å²) in [4.78, 5) is 18.5. The molecule has 1 aliphatic rings. The van der Waals surface area contributed by atoms with E-state index in [2.05, 4.69) is 4.98 Å². The predicted molar refractivity (Wildman–Crippen MR) is 82.7 cm³/mol. The number of hydrogen-bond donors (Lipinski definition) is 1. The van der Waals surface area contributed by atoms with Crippen molar-refractivity contribution in [2.45, 2.75) is 6.54 Å². The van der Waals surface area contributed by atoms with E-state index in [1.165, 1.54) is 6.07 Å². The van der Waals surface area contributed by atoms with Gasteiger partial charge in [-0.3, -0.25) is 9.78 Å². The summed E-state index contributed by atoms with van der Waals surface area (Å²) in [6.45, 7) is 0.485. The van der Waals surface area contributed by atoms with Gasteiger partial charge in [0.05, 0.1) is 16.8 Å². The van der Waals surface area contributed by atoms with Gasteiger partial charge in [0.15, 0.2) is 5.76 Å². The van der Waals surface area contributed by atoms with Crippen molar-refractivity contribution in [3.8, 4) is 11.5 Å². The first kappa shape index (κ1) is 14.3. The number of Topliss-reactive ketones (excluding diaryl/α,β-unsaturated/α-hetero) is 1. The first-order valence-electron chi connectivity index (χ1n) is 6.91. The Bertz CT molecular complexity index is 752. The van der Waals surface area contributed by atoms with Crippen LogP contribution in [0.5, 0.6) is 11.5 Å². The molecule has 0 spiro atoms. The van der Waals surface area contributed by atoms with Gasteiger partial charge in [0.2, 0.25) is 5.78 Å². The van der Waals surface area contributed by atoms with Crippen LogP contribution in [0.4, 0.5) is 0 Å². The van der Waals surface area contributed by atoms with E-state index >= 15 is 0 Å². The molecule has 1 N–H and O–H groups in total. The van der Waals surface area contributed by atoms with Crippen LogP contribution in [-0.2, 0) is 6.54 Å². The zero-order chi connectivity index (χ0) is 15.7. The topological polar surface area (TPSA) is 62.7 Å². The third kappa shape index (κ3) is 2.58. The van der Waals surface area contributed by atoms with Crippen LogP contribution in [0.2, 0.25) is 0 Å². The highest BCUT2D eigenvalue weighted by atomic mass is 16.5. The molecule has 5 nitrogen and oxygen atoms in total. The maximum Gasteiger partial charge on any atom is 0.232 e. The number of benzene rings is 1. The van der Waals surface area contributed by atoms with E-state index in [0.717, 1.165) is 0 Å². The molecule has 2 aromatic rings. The Morgan fingerprint density at radius 3 is 2.77 bits per heavy atom. The van der Waals surface area contributed by atoms with Crippen molar-refractivity contribution in [3.63, 3.8) is 0 Å². The Labute approximate surface area is 128 Å². The molecule has 2 heterocycles. The number of allylic oxidation sites excluding steroid dienone is 1. The molecule has 0 atom stereocenters. The molecular weight excluding hydrogens is 280 g/mol. The van der Waals surface area contributed by atoms with E-state index in [1.54, 1.807) is 30.5 Å². The second kappa shape index (κ2) is 5.61. The molecule has 0 aliphatic carbocycles. The SMILES string of the molecule is CN(C)Cc1c(O)ccc2c1O/C(=C\c1ccccn1)C2=O. The van der Waals surface area contributed by atoms with E-state index in [9.17, 15) is 9.90 Å². The maximum atomic E-state index is 12.4. The van der Waals surface area contributed by atoms with Crippen molar-refractivity contribution in [1.29, 1.82) is 0 Å². The molecule has 0 fully saturated rings. The number of phenols is 1. The number of fused-ring (bicyclic) bond motifs is 1. The Morgan fingerprint density at radius 1 is 1.27 bits per heavy atom. The van der Waals surface area contributed by atoms with Gasteiger partial charge in [-0.05, 0) is 38.4 Å². The summed E-state index contributed by atoms with van der Waals surface area (Å²) in [5, 5.41) is 10.0. The summed E-state index contributed by atoms with van der Waals surface area (Å²) in [6.07, 6.45) is 3.26. The average molecular weight is 296 g/mol. The number of ketones is 1. The summed E-state index contributed by atoms with van der Waals surface area (Å²) in [7, 11) is 3.78. The third-order valence-electron chi connectivity index (χ3n) is 3.36. The summed E-state index contributed by atoms with van der Waals surface area (Å²) in [6, 6.07) is 8.56. The summed E-state index contributed by atoms with van der Waals surface area (Å²) < 4.78 is 5.72. The van der Waals surface area contributed by atoms with Crippen LogP contribution in [0.1, 0.15) is 21.6 Å². The maximum absolute atomic E-state index is 12.4. The van der Waals surface area contributed by atoms with Crippen molar-refractivity contribution in [1.82, 2.24) is 9.88 Å². The normalized spacial score (nSPS) is 15.2. The lowest BCUT2D eigenvalue weighted by Crippen LogP contribution is -2.11. The van der Waals surface area contributed by atoms with Gasteiger partial charge in [-0.15, -0.1) is 0 Å². The van der Waals surface area contributed by atoms with Crippen molar-refractivity contribution in [2.75, 3.05) is 14.1 Å². The molecule has 0 amide bonds. The molecule has 0 radical (unpaired) electrons. The fourth-order valence-electron chi connectivity index (χ4n) is 2.36. The number of rotatable bonds is 3. The standard InChI is InChI=1S/C17H16N2O3/c1-19(2)10-13-14(20)7-6-12-16(21)15(22-17(12)13)9-11-5-3-4-8-18-11/h3-9,20H,10H2,1-2H3/b15-9-. The van der Waals surface area contributed by atoms with Gasteiger partial charge in [-0.2, -0.15) is 0 Å². The molecule has 5 heteroatoms. The van der Waals surface area contributed by atoms with Gasteiger partial charge >= 0.3 is 0 Å². The average Bonchev–Trinajstić information content (AvgIpc) is 2.80. The minimum absolute atomic E-state index is 0.124. The van der Waals surface area contributed by atoms with Gasteiger partial charge in [0.1, 0.15) is 11.5 Å². The molecule has 3 rings (SSSR count). The zero-order valence-corrected chi connectivity index (χ0v) is 12.4. The second-order valence-electron chi connectivity index (χ2n) is 5.37. The highest BCUT2D eigenvalue weighted by molar-refractivity contribution is 6.14. The van der Waals surface area contributed by atoms with Crippen molar-refractivity contribution in [3.05, 3.63) is 59.1 Å². The molecular formula is C17H16N2O3. The summed E-state index contributed by atoms with van der Waals surface area (Å²) >= 11 is 0. The smallest absolute Gasteiger partial charge is 0.232 e. The molecule has 0 bridgehead atoms. The van der Waals surface area contributed by atoms with Crippen LogP contribution in [0.3, 0.4) is 0 Å². The Hall–Kier alpha value is -2.66. The van der Waals surface area contributed by atoms with E-state index in [4.69, 9.17) is 4.74 Å². The van der Waals surface area contributed by atoms with Gasteiger partial charge < -0.3 is 14.7 Å². The fourth-order valence-corrected chi connectivity index (χ4v) is 2.36. The molecule has 1 aromatic carbocycles. The first-order valence-corrected chi connectivity index (χ1v) is 6.91. The number of aromatic hydroxyl groups is 1. The summed E-state index contributed by atoms with van der Waals surface area (Å²) in [5.41, 5.74) is 1.73. The highest BCUT2D eigenvalue weighted by Gasteiger charge is 2.31.